The third-order valence-corrected chi connectivity index (χ3v) is 5.43. The van der Waals surface area contributed by atoms with Gasteiger partial charge in [-0.25, -0.2) is 0 Å². The molecule has 2 N–H and O–H groups in total. The van der Waals surface area contributed by atoms with E-state index in [4.69, 9.17) is 10.2 Å². The van der Waals surface area contributed by atoms with Gasteiger partial charge in [-0.1, -0.05) is 6.08 Å². The minimum atomic E-state index is 0. The lowest BCUT2D eigenvalue weighted by molar-refractivity contribution is 0.322. The average Bonchev–Trinajstić information content (AvgIpc) is 2.66. The molecule has 0 radical (unpaired) electrons. The number of hydrogen-bond acceptors (Lipinski definition) is 5. The Morgan fingerprint density at radius 2 is 1.80 bits per heavy atom. The van der Waals surface area contributed by atoms with E-state index in [9.17, 15) is 0 Å². The van der Waals surface area contributed by atoms with Gasteiger partial charge in [-0.05, 0) is 13.8 Å². The van der Waals surface area contributed by atoms with E-state index < -0.39 is 0 Å². The standard InChI is InChI=1S/C13H22N2O2S2.ClH/c1-4-5-15-11(3)12(10(2)14-15)13(18-8-6-16)19-9-7-17;/h4,13,16-17H,1,5-9H2,2-3H3;1H. The van der Waals surface area contributed by atoms with Crippen molar-refractivity contribution in [2.75, 3.05) is 24.7 Å². The van der Waals surface area contributed by atoms with Crippen molar-refractivity contribution >= 4 is 35.9 Å². The number of aliphatic hydroxyl groups excluding tert-OH is 2. The van der Waals surface area contributed by atoms with E-state index in [2.05, 4.69) is 18.6 Å². The summed E-state index contributed by atoms with van der Waals surface area (Å²) in [5.74, 6) is 1.38. The fourth-order valence-electron chi connectivity index (χ4n) is 1.89. The summed E-state index contributed by atoms with van der Waals surface area (Å²) in [4.78, 5) is 0. The molecule has 0 fully saturated rings. The molecule has 0 saturated carbocycles. The van der Waals surface area contributed by atoms with Crippen LogP contribution in [-0.4, -0.2) is 44.7 Å². The summed E-state index contributed by atoms with van der Waals surface area (Å²) in [6, 6.07) is 0. The number of nitrogens with zero attached hydrogens (tertiary/aromatic N) is 2. The van der Waals surface area contributed by atoms with Crippen molar-refractivity contribution in [1.29, 1.82) is 0 Å². The highest BCUT2D eigenvalue weighted by Gasteiger charge is 2.21. The van der Waals surface area contributed by atoms with Gasteiger partial charge in [-0.15, -0.1) is 42.5 Å². The van der Waals surface area contributed by atoms with Crippen LogP contribution in [0.4, 0.5) is 0 Å². The lowest BCUT2D eigenvalue weighted by Crippen LogP contribution is -2.02. The Morgan fingerprint density at radius 3 is 2.25 bits per heavy atom. The fraction of sp³-hybridized carbons (Fsp3) is 0.615. The molecule has 7 heteroatoms. The van der Waals surface area contributed by atoms with E-state index in [0.717, 1.165) is 11.4 Å². The quantitative estimate of drug-likeness (QED) is 0.535. The van der Waals surface area contributed by atoms with Gasteiger partial charge in [0.05, 0.1) is 30.0 Å². The second-order valence-corrected chi connectivity index (χ2v) is 6.80. The first-order valence-corrected chi connectivity index (χ1v) is 8.35. The lowest BCUT2D eigenvalue weighted by atomic mass is 10.2. The van der Waals surface area contributed by atoms with Crippen LogP contribution in [0.3, 0.4) is 0 Å². The van der Waals surface area contributed by atoms with Crippen molar-refractivity contribution in [3.8, 4) is 0 Å². The molecule has 0 aliphatic heterocycles. The molecule has 1 aromatic rings. The van der Waals surface area contributed by atoms with Crippen LogP contribution < -0.4 is 0 Å². The second kappa shape index (κ2) is 10.6. The molecule has 20 heavy (non-hydrogen) atoms. The highest BCUT2D eigenvalue weighted by molar-refractivity contribution is 8.16. The largest absolute Gasteiger partial charge is 0.396 e. The number of aliphatic hydroxyl groups is 2. The van der Waals surface area contributed by atoms with E-state index in [0.29, 0.717) is 18.1 Å². The molecule has 0 atom stereocenters. The van der Waals surface area contributed by atoms with Gasteiger partial charge in [-0.3, -0.25) is 4.68 Å². The molecule has 0 bridgehead atoms. The Kier molecular flexibility index (Phi) is 10.5. The van der Waals surface area contributed by atoms with Crippen LogP contribution in [0.25, 0.3) is 0 Å². The fourth-order valence-corrected chi connectivity index (χ4v) is 4.50. The Labute approximate surface area is 135 Å². The number of thioether (sulfide) groups is 2. The molecule has 1 rings (SSSR count). The van der Waals surface area contributed by atoms with Crippen LogP contribution >= 0.6 is 35.9 Å². The third-order valence-electron chi connectivity index (χ3n) is 2.70. The molecule has 116 valence electrons. The maximum absolute atomic E-state index is 9.00. The summed E-state index contributed by atoms with van der Waals surface area (Å²) in [5.41, 5.74) is 3.36. The first kappa shape index (κ1) is 19.9. The molecule has 1 heterocycles. The molecule has 1 aromatic heterocycles. The summed E-state index contributed by atoms with van der Waals surface area (Å²) in [6.07, 6.45) is 1.83. The summed E-state index contributed by atoms with van der Waals surface area (Å²) in [7, 11) is 0. The van der Waals surface area contributed by atoms with Crippen LogP contribution in [0.1, 0.15) is 21.5 Å². The predicted octanol–water partition coefficient (Wildman–Crippen LogP) is 2.56. The molecule has 0 aliphatic carbocycles. The van der Waals surface area contributed by atoms with Crippen molar-refractivity contribution < 1.29 is 10.2 Å². The zero-order valence-electron chi connectivity index (χ0n) is 11.9. The number of rotatable bonds is 9. The van der Waals surface area contributed by atoms with Crippen molar-refractivity contribution in [3.05, 3.63) is 29.6 Å². The zero-order valence-corrected chi connectivity index (χ0v) is 14.4. The van der Waals surface area contributed by atoms with Crippen LogP contribution in [0.15, 0.2) is 12.7 Å². The van der Waals surface area contributed by atoms with Crippen LogP contribution in [0.2, 0.25) is 0 Å². The van der Waals surface area contributed by atoms with E-state index >= 15 is 0 Å². The topological polar surface area (TPSA) is 58.3 Å². The molecule has 0 saturated heterocycles. The van der Waals surface area contributed by atoms with Gasteiger partial charge in [0.25, 0.3) is 0 Å². The monoisotopic (exact) mass is 338 g/mol. The predicted molar refractivity (Wildman–Crippen MR) is 91.0 cm³/mol. The van der Waals surface area contributed by atoms with Gasteiger partial charge in [0.1, 0.15) is 0 Å². The van der Waals surface area contributed by atoms with Gasteiger partial charge >= 0.3 is 0 Å². The van der Waals surface area contributed by atoms with Crippen LogP contribution in [-0.2, 0) is 6.54 Å². The minimum Gasteiger partial charge on any atom is -0.396 e. The summed E-state index contributed by atoms with van der Waals surface area (Å²) >= 11 is 3.39. The lowest BCUT2D eigenvalue weighted by Gasteiger charge is -2.16. The molecule has 0 amide bonds. The molecule has 0 spiro atoms. The van der Waals surface area contributed by atoms with Gasteiger partial charge in [0, 0.05) is 22.8 Å². The minimum absolute atomic E-state index is 0. The van der Waals surface area contributed by atoms with Gasteiger partial charge in [0.15, 0.2) is 0 Å². The van der Waals surface area contributed by atoms with Gasteiger partial charge < -0.3 is 10.2 Å². The van der Waals surface area contributed by atoms with Crippen molar-refractivity contribution in [1.82, 2.24) is 9.78 Å². The van der Waals surface area contributed by atoms with Crippen LogP contribution in [0.5, 0.6) is 0 Å². The van der Waals surface area contributed by atoms with Gasteiger partial charge in [-0.2, -0.15) is 5.10 Å². The maximum Gasteiger partial charge on any atom is 0.0788 e. The van der Waals surface area contributed by atoms with Crippen molar-refractivity contribution in [2.45, 2.75) is 25.0 Å². The molecular formula is C13H23ClN2O2S2. The second-order valence-electron chi connectivity index (χ2n) is 4.08. The molecule has 0 aliphatic rings. The number of halogens is 1. The normalized spacial score (nSPS) is 10.7. The molecule has 0 unspecified atom stereocenters. The summed E-state index contributed by atoms with van der Waals surface area (Å²) in [6.45, 7) is 8.85. The van der Waals surface area contributed by atoms with Gasteiger partial charge in [0.2, 0.25) is 0 Å². The first-order valence-electron chi connectivity index (χ1n) is 6.25. The SMILES string of the molecule is C=CCn1nc(C)c(C(SCCO)SCCO)c1C.Cl. The zero-order chi connectivity index (χ0) is 14.3. The smallest absolute Gasteiger partial charge is 0.0788 e. The van der Waals surface area contributed by atoms with E-state index in [1.165, 1.54) is 5.56 Å². The Morgan fingerprint density at radius 1 is 1.25 bits per heavy atom. The maximum atomic E-state index is 9.00. The molecule has 4 nitrogen and oxygen atoms in total. The Hall–Kier alpha value is -0.140. The Bertz CT molecular complexity index is 405. The highest BCUT2D eigenvalue weighted by atomic mass is 35.5. The Balaban J connectivity index is 0.00000361. The van der Waals surface area contributed by atoms with Crippen molar-refractivity contribution in [3.63, 3.8) is 0 Å². The first-order chi connectivity index (χ1) is 9.15. The van der Waals surface area contributed by atoms with E-state index in [1.54, 1.807) is 23.5 Å². The number of aromatic nitrogens is 2. The molecule has 0 aromatic carbocycles. The number of allylic oxidation sites excluding steroid dienone is 1. The molecular weight excluding hydrogens is 316 g/mol. The summed E-state index contributed by atoms with van der Waals surface area (Å²) < 4.78 is 2.15. The number of aryl methyl sites for hydroxylation is 1. The summed E-state index contributed by atoms with van der Waals surface area (Å²) in [5, 5.41) is 22.5. The van der Waals surface area contributed by atoms with Crippen LogP contribution in [0, 0.1) is 13.8 Å². The van der Waals surface area contributed by atoms with Crippen molar-refractivity contribution in [2.24, 2.45) is 0 Å². The highest BCUT2D eigenvalue weighted by Crippen LogP contribution is 2.41. The van der Waals surface area contributed by atoms with E-state index in [-0.39, 0.29) is 30.2 Å². The number of hydrogen-bond donors (Lipinski definition) is 2. The third kappa shape index (κ3) is 5.33. The average molecular weight is 339 g/mol. The van der Waals surface area contributed by atoms with E-state index in [1.807, 2.05) is 17.7 Å².